The van der Waals surface area contributed by atoms with E-state index in [0.29, 0.717) is 17.3 Å². The van der Waals surface area contributed by atoms with Crippen LogP contribution in [0.25, 0.3) is 0 Å². The van der Waals surface area contributed by atoms with E-state index >= 15 is 0 Å². The molecule has 0 bridgehead atoms. The molecule has 1 atom stereocenters. The number of nitrogens with one attached hydrogen (secondary N) is 1. The lowest BCUT2D eigenvalue weighted by Crippen LogP contribution is -2.29. The topological polar surface area (TPSA) is 32.3 Å². The van der Waals surface area contributed by atoms with Gasteiger partial charge in [-0.1, -0.05) is 25.4 Å². The third-order valence-electron chi connectivity index (χ3n) is 2.87. The fourth-order valence-corrected chi connectivity index (χ4v) is 1.39. The minimum Gasteiger partial charge on any atom is -0.396 e. The first kappa shape index (κ1) is 13.3. The van der Waals surface area contributed by atoms with Gasteiger partial charge < -0.3 is 10.4 Å². The number of halogens is 2. The lowest BCUT2D eigenvalue weighted by atomic mass is 9.88. The summed E-state index contributed by atoms with van der Waals surface area (Å²) in [5.74, 6) is -0.371. The van der Waals surface area contributed by atoms with E-state index in [0.717, 1.165) is 6.42 Å². The van der Waals surface area contributed by atoms with Crippen LogP contribution in [-0.4, -0.2) is 18.3 Å². The van der Waals surface area contributed by atoms with Crippen molar-refractivity contribution >= 4 is 17.3 Å². The molecular formula is C12H17ClFNO. The zero-order valence-corrected chi connectivity index (χ0v) is 10.3. The first-order valence-corrected chi connectivity index (χ1v) is 5.68. The minimum atomic E-state index is -0.371. The molecule has 0 saturated heterocycles. The van der Waals surface area contributed by atoms with E-state index in [1.807, 2.05) is 13.8 Å². The van der Waals surface area contributed by atoms with Crippen molar-refractivity contribution < 1.29 is 9.50 Å². The number of aliphatic hydroxyl groups excluding tert-OH is 1. The second-order valence-corrected chi connectivity index (χ2v) is 4.74. The van der Waals surface area contributed by atoms with Crippen LogP contribution in [0.15, 0.2) is 18.2 Å². The maximum Gasteiger partial charge on any atom is 0.147 e. The molecule has 0 saturated carbocycles. The smallest absolute Gasteiger partial charge is 0.147 e. The Morgan fingerprint density at radius 1 is 1.50 bits per heavy atom. The fourth-order valence-electron chi connectivity index (χ4n) is 1.23. The molecule has 0 heterocycles. The number of hydrogen-bond acceptors (Lipinski definition) is 2. The van der Waals surface area contributed by atoms with Gasteiger partial charge in [-0.3, -0.25) is 0 Å². The van der Waals surface area contributed by atoms with Crippen LogP contribution < -0.4 is 5.32 Å². The molecule has 1 aromatic carbocycles. The first-order valence-electron chi connectivity index (χ1n) is 5.30. The van der Waals surface area contributed by atoms with Gasteiger partial charge in [0.15, 0.2) is 0 Å². The predicted molar refractivity (Wildman–Crippen MR) is 65.4 cm³/mol. The monoisotopic (exact) mass is 245 g/mol. The van der Waals surface area contributed by atoms with Gasteiger partial charge in [-0.2, -0.15) is 0 Å². The van der Waals surface area contributed by atoms with E-state index in [1.165, 1.54) is 6.07 Å². The summed E-state index contributed by atoms with van der Waals surface area (Å²) < 4.78 is 13.4. The Morgan fingerprint density at radius 2 is 2.19 bits per heavy atom. The zero-order valence-electron chi connectivity index (χ0n) is 9.56. The second-order valence-electron chi connectivity index (χ2n) is 4.30. The molecule has 0 aliphatic heterocycles. The molecule has 0 amide bonds. The van der Waals surface area contributed by atoms with E-state index < -0.39 is 0 Å². The highest BCUT2D eigenvalue weighted by Gasteiger charge is 2.20. The first-order chi connectivity index (χ1) is 7.50. The van der Waals surface area contributed by atoms with Crippen molar-refractivity contribution in [3.05, 3.63) is 29.0 Å². The van der Waals surface area contributed by atoms with Crippen LogP contribution in [0.2, 0.25) is 5.02 Å². The van der Waals surface area contributed by atoms with Gasteiger partial charge >= 0.3 is 0 Å². The van der Waals surface area contributed by atoms with Crippen molar-refractivity contribution in [3.8, 4) is 0 Å². The summed E-state index contributed by atoms with van der Waals surface area (Å²) in [6, 6.07) is 4.51. The molecule has 90 valence electrons. The third kappa shape index (κ3) is 3.35. The van der Waals surface area contributed by atoms with Crippen LogP contribution >= 0.6 is 11.6 Å². The minimum absolute atomic E-state index is 0.0751. The highest BCUT2D eigenvalue weighted by Crippen LogP contribution is 2.23. The Balaban J connectivity index is 2.67. The fraction of sp³-hybridized carbons (Fsp3) is 0.500. The highest BCUT2D eigenvalue weighted by atomic mass is 35.5. The Kier molecular flexibility index (Phi) is 4.56. The number of aliphatic hydroxyl groups is 1. The Morgan fingerprint density at radius 3 is 2.69 bits per heavy atom. The molecule has 2 N–H and O–H groups in total. The molecule has 0 fully saturated rings. The second kappa shape index (κ2) is 5.51. The number of hydrogen-bond donors (Lipinski definition) is 2. The van der Waals surface area contributed by atoms with Crippen molar-refractivity contribution in [2.75, 3.05) is 18.5 Å². The van der Waals surface area contributed by atoms with Crippen molar-refractivity contribution in [3.63, 3.8) is 0 Å². The standard InChI is InChI=1S/C12H17ClFNO/c1-3-12(2,8-16)7-15-11-5-4-9(13)6-10(11)14/h4-6,15-16H,3,7-8H2,1-2H3. The summed E-state index contributed by atoms with van der Waals surface area (Å²) in [4.78, 5) is 0. The molecule has 0 aliphatic carbocycles. The largest absolute Gasteiger partial charge is 0.396 e. The van der Waals surface area contributed by atoms with Gasteiger partial charge in [0.05, 0.1) is 12.3 Å². The molecule has 0 aromatic heterocycles. The maximum absolute atomic E-state index is 13.4. The van der Waals surface area contributed by atoms with Crippen LogP contribution in [0.4, 0.5) is 10.1 Å². The summed E-state index contributed by atoms with van der Waals surface area (Å²) in [6.45, 7) is 4.55. The van der Waals surface area contributed by atoms with Gasteiger partial charge in [0.25, 0.3) is 0 Å². The number of benzene rings is 1. The van der Waals surface area contributed by atoms with Crippen molar-refractivity contribution in [1.82, 2.24) is 0 Å². The van der Waals surface area contributed by atoms with E-state index in [4.69, 9.17) is 11.6 Å². The summed E-state index contributed by atoms with van der Waals surface area (Å²) in [5.41, 5.74) is 0.184. The SMILES string of the molecule is CCC(C)(CO)CNc1ccc(Cl)cc1F. The van der Waals surface area contributed by atoms with Crippen LogP contribution in [0.1, 0.15) is 20.3 Å². The molecular weight excluding hydrogens is 229 g/mol. The van der Waals surface area contributed by atoms with Crippen LogP contribution in [0.5, 0.6) is 0 Å². The van der Waals surface area contributed by atoms with E-state index in [2.05, 4.69) is 5.32 Å². The Labute approximate surface area is 100 Å². The van der Waals surface area contributed by atoms with Gasteiger partial charge in [-0.05, 0) is 24.6 Å². The van der Waals surface area contributed by atoms with E-state index in [9.17, 15) is 9.50 Å². The third-order valence-corrected chi connectivity index (χ3v) is 3.11. The van der Waals surface area contributed by atoms with Gasteiger partial charge in [0.1, 0.15) is 5.82 Å². The molecule has 4 heteroatoms. The predicted octanol–water partition coefficient (Wildman–Crippen LogP) is 3.30. The molecule has 1 rings (SSSR count). The summed E-state index contributed by atoms with van der Waals surface area (Å²) in [7, 11) is 0. The Bertz CT molecular complexity index is 353. The number of anilines is 1. The number of rotatable bonds is 5. The lowest BCUT2D eigenvalue weighted by Gasteiger charge is -2.26. The van der Waals surface area contributed by atoms with Gasteiger partial charge in [0.2, 0.25) is 0 Å². The average Bonchev–Trinajstić information content (AvgIpc) is 2.27. The van der Waals surface area contributed by atoms with Crippen molar-refractivity contribution in [2.24, 2.45) is 5.41 Å². The quantitative estimate of drug-likeness (QED) is 0.834. The summed E-state index contributed by atoms with van der Waals surface area (Å²) in [6.07, 6.45) is 0.825. The molecule has 0 aliphatic rings. The molecule has 1 aromatic rings. The lowest BCUT2D eigenvalue weighted by molar-refractivity contribution is 0.149. The van der Waals surface area contributed by atoms with E-state index in [1.54, 1.807) is 12.1 Å². The molecule has 0 radical (unpaired) electrons. The molecule has 0 spiro atoms. The van der Waals surface area contributed by atoms with Crippen molar-refractivity contribution in [2.45, 2.75) is 20.3 Å². The van der Waals surface area contributed by atoms with Crippen LogP contribution in [0, 0.1) is 11.2 Å². The van der Waals surface area contributed by atoms with E-state index in [-0.39, 0.29) is 17.8 Å². The van der Waals surface area contributed by atoms with Gasteiger partial charge in [-0.25, -0.2) is 4.39 Å². The molecule has 2 nitrogen and oxygen atoms in total. The maximum atomic E-state index is 13.4. The van der Waals surface area contributed by atoms with Crippen LogP contribution in [-0.2, 0) is 0 Å². The summed E-state index contributed by atoms with van der Waals surface area (Å²) in [5, 5.41) is 12.6. The van der Waals surface area contributed by atoms with Crippen LogP contribution in [0.3, 0.4) is 0 Å². The van der Waals surface area contributed by atoms with Crippen molar-refractivity contribution in [1.29, 1.82) is 0 Å². The summed E-state index contributed by atoms with van der Waals surface area (Å²) >= 11 is 5.65. The van der Waals surface area contributed by atoms with Gasteiger partial charge in [0, 0.05) is 17.0 Å². The van der Waals surface area contributed by atoms with Gasteiger partial charge in [-0.15, -0.1) is 0 Å². The highest BCUT2D eigenvalue weighted by molar-refractivity contribution is 6.30. The molecule has 1 unspecified atom stereocenters. The average molecular weight is 246 g/mol. The zero-order chi connectivity index (χ0) is 12.2. The normalized spacial score (nSPS) is 14.6. The molecule has 16 heavy (non-hydrogen) atoms. The Hall–Kier alpha value is -0.800.